The van der Waals surface area contributed by atoms with E-state index in [-0.39, 0.29) is 33.9 Å². The second-order valence-electron chi connectivity index (χ2n) is 21.9. The van der Waals surface area contributed by atoms with Gasteiger partial charge in [-0.05, 0) is 140 Å². The fraction of sp³-hybridized carbons (Fsp3) is 0.426. The molecule has 0 radical (unpaired) electrons. The van der Waals surface area contributed by atoms with Crippen LogP contribution in [0.5, 0.6) is 0 Å². The quantitative estimate of drug-likeness (QED) is 0.0676. The predicted molar refractivity (Wildman–Crippen MR) is 318 cm³/mol. The van der Waals surface area contributed by atoms with Gasteiger partial charge < -0.3 is 24.8 Å². The Morgan fingerprint density at radius 1 is 0.734 bits per heavy atom. The van der Waals surface area contributed by atoms with Crippen LogP contribution in [-0.4, -0.2) is 158 Å². The van der Waals surface area contributed by atoms with Gasteiger partial charge in [0.2, 0.25) is 5.91 Å². The number of hydrogen-bond donors (Lipinski definition) is 3. The lowest BCUT2D eigenvalue weighted by molar-refractivity contribution is -0.120. The Kier molecular flexibility index (Phi) is 18.6. The van der Waals surface area contributed by atoms with Crippen LogP contribution in [0.15, 0.2) is 143 Å². The highest BCUT2D eigenvalue weighted by Gasteiger charge is 2.36. The number of rotatable bonds is 19. The molecular formula is C61H74ClN9O6S2. The molecule has 3 N–H and O–H groups in total. The van der Waals surface area contributed by atoms with Crippen molar-refractivity contribution in [2.75, 3.05) is 131 Å². The van der Waals surface area contributed by atoms with E-state index in [0.29, 0.717) is 13.0 Å². The smallest absolute Gasteiger partial charge is 0.328 e. The summed E-state index contributed by atoms with van der Waals surface area (Å²) in [7, 11) is -4.13. The monoisotopic (exact) mass is 1130 g/mol. The van der Waals surface area contributed by atoms with E-state index in [4.69, 9.17) is 16.3 Å². The van der Waals surface area contributed by atoms with Gasteiger partial charge in [-0.2, -0.15) is 0 Å². The van der Waals surface area contributed by atoms with Crippen molar-refractivity contribution in [3.63, 3.8) is 0 Å². The largest absolute Gasteiger partial charge is 0.381 e. The van der Waals surface area contributed by atoms with E-state index >= 15 is 0 Å². The van der Waals surface area contributed by atoms with Gasteiger partial charge >= 0.3 is 6.03 Å². The van der Waals surface area contributed by atoms with Crippen LogP contribution < -0.4 is 30.1 Å². The van der Waals surface area contributed by atoms with Crippen LogP contribution in [0.25, 0.3) is 5.57 Å². The predicted octanol–water partition coefficient (Wildman–Crippen LogP) is 9.18. The number of ether oxygens (including phenoxy) is 1. The number of amides is 4. The number of hydrogen-bond acceptors (Lipinski definition) is 13. The molecular weight excluding hydrogens is 1050 g/mol. The highest BCUT2D eigenvalue weighted by Crippen LogP contribution is 2.44. The third-order valence-corrected chi connectivity index (χ3v) is 18.9. The summed E-state index contributed by atoms with van der Waals surface area (Å²) in [6.07, 6.45) is 5.37. The Bertz CT molecular complexity index is 3020. The molecule has 4 aliphatic heterocycles. The zero-order valence-corrected chi connectivity index (χ0v) is 47.7. The molecule has 1 aliphatic carbocycles. The molecule has 79 heavy (non-hydrogen) atoms. The van der Waals surface area contributed by atoms with E-state index in [2.05, 4.69) is 83.2 Å². The first-order valence-corrected chi connectivity index (χ1v) is 30.8. The van der Waals surface area contributed by atoms with Gasteiger partial charge in [0, 0.05) is 155 Å². The summed E-state index contributed by atoms with van der Waals surface area (Å²) in [6, 6.07) is 40.4. The average molecular weight is 1130 g/mol. The third-order valence-electron chi connectivity index (χ3n) is 16.1. The lowest BCUT2D eigenvalue weighted by atomic mass is 9.71. The maximum Gasteiger partial charge on any atom is 0.328 e. The number of piperazine rings is 2. The number of imide groups is 1. The van der Waals surface area contributed by atoms with Gasteiger partial charge in [0.25, 0.3) is 15.9 Å². The molecule has 4 fully saturated rings. The molecule has 4 heterocycles. The van der Waals surface area contributed by atoms with Gasteiger partial charge in [0.1, 0.15) is 0 Å². The van der Waals surface area contributed by atoms with Crippen molar-refractivity contribution in [1.29, 1.82) is 0 Å². The van der Waals surface area contributed by atoms with E-state index in [1.165, 1.54) is 21.6 Å². The first-order chi connectivity index (χ1) is 38.3. The normalized spacial score (nSPS) is 20.7. The van der Waals surface area contributed by atoms with E-state index in [0.717, 1.165) is 164 Å². The summed E-state index contributed by atoms with van der Waals surface area (Å²) in [5.74, 6) is -0.0545. The Morgan fingerprint density at radius 2 is 1.44 bits per heavy atom. The highest BCUT2D eigenvalue weighted by atomic mass is 35.5. The number of nitrogens with zero attached hydrogens (tertiary/aromatic N) is 6. The lowest BCUT2D eigenvalue weighted by Crippen LogP contribution is -2.51. The molecule has 4 saturated heterocycles. The Morgan fingerprint density at radius 3 is 2.18 bits per heavy atom. The van der Waals surface area contributed by atoms with Crippen molar-refractivity contribution in [2.45, 2.75) is 61.3 Å². The summed E-state index contributed by atoms with van der Waals surface area (Å²) < 4.78 is 35.1. The molecule has 0 bridgehead atoms. The molecule has 0 unspecified atom stereocenters. The summed E-state index contributed by atoms with van der Waals surface area (Å²) in [5.41, 5.74) is 8.27. The Hall–Kier alpha value is -5.92. The summed E-state index contributed by atoms with van der Waals surface area (Å²) >= 11 is 8.18. The van der Waals surface area contributed by atoms with Crippen LogP contribution in [0.3, 0.4) is 0 Å². The van der Waals surface area contributed by atoms with Gasteiger partial charge in [-0.1, -0.05) is 60.5 Å². The molecule has 0 saturated carbocycles. The van der Waals surface area contributed by atoms with Crippen LogP contribution >= 0.6 is 23.4 Å². The van der Waals surface area contributed by atoms with E-state index in [9.17, 15) is 22.8 Å². The molecule has 2 atom stereocenters. The molecule has 5 aliphatic rings. The Labute approximate surface area is 475 Å². The zero-order chi connectivity index (χ0) is 54.8. The maximum atomic E-state index is 13.5. The number of anilines is 4. The van der Waals surface area contributed by atoms with Crippen LogP contribution in [-0.2, 0) is 19.6 Å². The lowest BCUT2D eigenvalue weighted by Gasteiger charge is -2.44. The van der Waals surface area contributed by atoms with Crippen LogP contribution in [0.2, 0.25) is 5.02 Å². The number of benzene rings is 5. The fourth-order valence-corrected chi connectivity index (χ4v) is 13.8. The Balaban J connectivity index is 0.713. The van der Waals surface area contributed by atoms with E-state index in [1.807, 2.05) is 54.6 Å². The van der Waals surface area contributed by atoms with E-state index < -0.39 is 15.9 Å². The topological polar surface area (TPSA) is 150 Å². The highest BCUT2D eigenvalue weighted by molar-refractivity contribution is 7.99. The number of thioether (sulfide) groups is 1. The van der Waals surface area contributed by atoms with Crippen molar-refractivity contribution in [1.82, 2.24) is 24.7 Å². The number of carbonyl (C=O) groups is 3. The average Bonchev–Trinajstić information content (AvgIpc) is 3.76. The number of nitrogens with one attached hydrogen (secondary N) is 3. The number of sulfonamides is 1. The van der Waals surface area contributed by atoms with Crippen molar-refractivity contribution >= 4 is 79.6 Å². The van der Waals surface area contributed by atoms with Gasteiger partial charge in [-0.3, -0.25) is 29.6 Å². The van der Waals surface area contributed by atoms with Gasteiger partial charge in [-0.15, -0.1) is 11.8 Å². The number of halogens is 1. The van der Waals surface area contributed by atoms with E-state index in [1.54, 1.807) is 53.1 Å². The summed E-state index contributed by atoms with van der Waals surface area (Å²) in [5, 5.41) is 6.83. The summed E-state index contributed by atoms with van der Waals surface area (Å²) in [4.78, 5) is 53.0. The van der Waals surface area contributed by atoms with Gasteiger partial charge in [-0.25, -0.2) is 17.9 Å². The second kappa shape index (κ2) is 26.1. The molecule has 0 spiro atoms. The van der Waals surface area contributed by atoms with Crippen LogP contribution in [0.1, 0.15) is 61.4 Å². The number of allylic oxidation sites excluding steroid dienone is 1. The van der Waals surface area contributed by atoms with Gasteiger partial charge in [0.15, 0.2) is 0 Å². The van der Waals surface area contributed by atoms with Crippen molar-refractivity contribution in [3.8, 4) is 0 Å². The van der Waals surface area contributed by atoms with Crippen molar-refractivity contribution in [3.05, 3.63) is 149 Å². The molecule has 418 valence electrons. The zero-order valence-electron chi connectivity index (χ0n) is 45.3. The maximum absolute atomic E-state index is 13.5. The molecule has 0 aromatic heterocycles. The first-order valence-electron chi connectivity index (χ1n) is 28.0. The molecule has 4 amide bonds. The third kappa shape index (κ3) is 15.1. The standard InChI is InChI=1S/C61H74ClN9O6S2/c1-61(45-68-32-36-70(37-33-68)53-7-5-8-54(41-53)71-29-25-58(72)64-60(71)74)26-23-57(46-11-15-49(62)16-12-46)48(42-61)43-67-30-34-69(35-31-67)52-19-13-47(14-20-52)59(73)65-79(75,76)56-21-17-50(18-22-56)63-51(44-78-55-9-3-2-4-10-55)24-28-66-27-6-39-77-40-38-66/h2-5,7-22,41,51,63H,6,23-40,42-45H2,1H3,(H,65,73)(H,64,72,74)/t51-,61-/m1/s1. The molecule has 15 nitrogen and oxygen atoms in total. The molecule has 5 aromatic carbocycles. The number of urea groups is 1. The minimum Gasteiger partial charge on any atom is -0.381 e. The van der Waals surface area contributed by atoms with Crippen molar-refractivity contribution < 1.29 is 27.5 Å². The van der Waals surface area contributed by atoms with Crippen LogP contribution in [0.4, 0.5) is 27.5 Å². The minimum atomic E-state index is -4.13. The SMILES string of the molecule is C[C@@]1(CN2CCN(c3cccc(N4CCC(=O)NC4=O)c3)CC2)CCC(c2ccc(Cl)cc2)=C(CN2CCN(c3ccc(C(=O)NS(=O)(=O)c4ccc(N[C@H](CCN5CCCOCC5)CSc5ccccc5)cc4)cc3)CC2)C1. The van der Waals surface area contributed by atoms with Gasteiger partial charge in [0.05, 0.1) is 11.5 Å². The molecule has 5 aromatic rings. The first kappa shape index (κ1) is 56.4. The number of carbonyl (C=O) groups excluding carboxylic acids is 3. The fourth-order valence-electron chi connectivity index (χ4n) is 11.7. The van der Waals surface area contributed by atoms with Crippen LogP contribution in [0, 0.1) is 5.41 Å². The minimum absolute atomic E-state index is 0.0248. The summed E-state index contributed by atoms with van der Waals surface area (Å²) in [6.45, 7) is 16.3. The van der Waals surface area contributed by atoms with Crippen molar-refractivity contribution in [2.24, 2.45) is 5.41 Å². The molecule has 18 heteroatoms. The second-order valence-corrected chi connectivity index (χ2v) is 25.2. The molecule has 10 rings (SSSR count).